The van der Waals surface area contributed by atoms with Crippen LogP contribution in [0.5, 0.6) is 11.8 Å². The van der Waals surface area contributed by atoms with Crippen molar-refractivity contribution in [1.29, 1.82) is 0 Å². The first-order valence-electron chi connectivity index (χ1n) is 8.63. The van der Waals surface area contributed by atoms with Crippen LogP contribution < -0.4 is 14.5 Å². The zero-order valence-corrected chi connectivity index (χ0v) is 14.3. The van der Waals surface area contributed by atoms with E-state index in [0.717, 1.165) is 0 Å². The van der Waals surface area contributed by atoms with E-state index in [-0.39, 0.29) is 11.8 Å². The van der Waals surface area contributed by atoms with Gasteiger partial charge < -0.3 is 24.0 Å². The highest BCUT2D eigenvalue weighted by Gasteiger charge is 2.21. The number of anilines is 2. The lowest BCUT2D eigenvalue weighted by molar-refractivity contribution is 0.121. The first kappa shape index (κ1) is 16.9. The van der Waals surface area contributed by atoms with Gasteiger partial charge in [0.15, 0.2) is 11.6 Å². The van der Waals surface area contributed by atoms with Gasteiger partial charge in [0.1, 0.15) is 0 Å². The summed E-state index contributed by atoms with van der Waals surface area (Å²) in [6.07, 6.45) is 0. The summed E-state index contributed by atoms with van der Waals surface area (Å²) < 4.78 is 30.3. The van der Waals surface area contributed by atoms with Crippen LogP contribution in [0.1, 0.15) is 0 Å². The molecule has 4 rings (SSSR count). The molecule has 0 radical (unpaired) electrons. The molecule has 9 heteroatoms. The zero-order chi connectivity index (χ0) is 17.8. The monoisotopic (exact) mass is 361 g/mol. The minimum Gasteiger partial charge on any atom is -0.421 e. The topological polar surface area (TPSA) is 72.8 Å². The number of hydrogen-bond acceptors (Lipinski definition) is 8. The molecule has 3 heterocycles. The molecule has 0 bridgehead atoms. The second kappa shape index (κ2) is 7.79. The minimum atomic E-state index is -0.464. The molecule has 2 saturated heterocycles. The summed E-state index contributed by atoms with van der Waals surface area (Å²) >= 11 is 0. The second-order valence-corrected chi connectivity index (χ2v) is 5.95. The Labute approximate surface area is 150 Å². The number of benzene rings is 1. The van der Waals surface area contributed by atoms with E-state index in [0.29, 0.717) is 64.5 Å². The molecule has 0 unspecified atom stereocenters. The largest absolute Gasteiger partial charge is 0.421 e. The molecule has 1 aromatic carbocycles. The van der Waals surface area contributed by atoms with E-state index in [2.05, 4.69) is 15.0 Å². The molecule has 1 aromatic heterocycles. The number of rotatable bonds is 4. The van der Waals surface area contributed by atoms with Crippen LogP contribution in [-0.4, -0.2) is 67.6 Å². The minimum absolute atomic E-state index is 0.0769. The first-order valence-corrected chi connectivity index (χ1v) is 8.63. The quantitative estimate of drug-likeness (QED) is 0.811. The van der Waals surface area contributed by atoms with Gasteiger partial charge in [-0.3, -0.25) is 0 Å². The molecule has 2 fully saturated rings. The Bertz CT molecular complexity index is 715. The molecule has 26 heavy (non-hydrogen) atoms. The average molecular weight is 361 g/mol. The summed E-state index contributed by atoms with van der Waals surface area (Å²) in [5, 5.41) is 0. The van der Waals surface area contributed by atoms with Crippen LogP contribution in [0, 0.1) is 5.82 Å². The Morgan fingerprint density at radius 1 is 0.808 bits per heavy atom. The molecular formula is C17H20FN5O3. The summed E-state index contributed by atoms with van der Waals surface area (Å²) in [6.45, 7) is 5.20. The summed E-state index contributed by atoms with van der Waals surface area (Å²) in [5.74, 6) is 0.639. The van der Waals surface area contributed by atoms with E-state index in [1.54, 1.807) is 18.2 Å². The van der Waals surface area contributed by atoms with Crippen molar-refractivity contribution in [3.05, 3.63) is 30.1 Å². The van der Waals surface area contributed by atoms with E-state index < -0.39 is 5.82 Å². The van der Waals surface area contributed by atoms with Crippen molar-refractivity contribution < 1.29 is 18.6 Å². The van der Waals surface area contributed by atoms with Gasteiger partial charge in [-0.1, -0.05) is 12.1 Å². The van der Waals surface area contributed by atoms with Crippen molar-refractivity contribution in [3.63, 3.8) is 0 Å². The number of ether oxygens (including phenoxy) is 3. The smallest absolute Gasteiger partial charge is 0.328 e. The highest BCUT2D eigenvalue weighted by atomic mass is 19.1. The molecule has 0 N–H and O–H groups in total. The van der Waals surface area contributed by atoms with Crippen molar-refractivity contribution in [1.82, 2.24) is 15.0 Å². The third-order valence-corrected chi connectivity index (χ3v) is 4.22. The highest BCUT2D eigenvalue weighted by molar-refractivity contribution is 5.42. The van der Waals surface area contributed by atoms with Gasteiger partial charge in [0.25, 0.3) is 0 Å². The average Bonchev–Trinajstić information content (AvgIpc) is 2.71. The van der Waals surface area contributed by atoms with Crippen molar-refractivity contribution >= 4 is 11.9 Å². The van der Waals surface area contributed by atoms with Crippen molar-refractivity contribution in [2.45, 2.75) is 0 Å². The molecule has 0 aliphatic carbocycles. The molecule has 0 spiro atoms. The summed E-state index contributed by atoms with van der Waals surface area (Å²) in [6, 6.07) is 6.26. The molecule has 2 aliphatic rings. The Hall–Kier alpha value is -2.52. The van der Waals surface area contributed by atoms with Gasteiger partial charge in [0.2, 0.25) is 11.9 Å². The Kier molecular flexibility index (Phi) is 5.07. The Balaban J connectivity index is 1.66. The van der Waals surface area contributed by atoms with E-state index >= 15 is 0 Å². The standard InChI is InChI=1S/C17H20FN5O3/c18-13-3-1-2-4-14(13)26-17-20-15(22-5-9-24-10-6-22)19-16(21-17)23-7-11-25-12-8-23/h1-4H,5-12H2. The van der Waals surface area contributed by atoms with Gasteiger partial charge in [0, 0.05) is 26.2 Å². The fraction of sp³-hybridized carbons (Fsp3) is 0.471. The van der Waals surface area contributed by atoms with Crippen LogP contribution in [0.25, 0.3) is 0 Å². The maximum atomic E-state index is 13.9. The van der Waals surface area contributed by atoms with Gasteiger partial charge >= 0.3 is 6.01 Å². The predicted octanol–water partition coefficient (Wildman–Crippen LogP) is 1.48. The van der Waals surface area contributed by atoms with Crippen molar-refractivity contribution in [2.75, 3.05) is 62.4 Å². The third kappa shape index (κ3) is 3.83. The van der Waals surface area contributed by atoms with Gasteiger partial charge in [-0.2, -0.15) is 15.0 Å². The van der Waals surface area contributed by atoms with Crippen molar-refractivity contribution in [2.24, 2.45) is 0 Å². The maximum Gasteiger partial charge on any atom is 0.328 e. The number of halogens is 1. The van der Waals surface area contributed by atoms with Crippen LogP contribution in [-0.2, 0) is 9.47 Å². The fourth-order valence-electron chi connectivity index (χ4n) is 2.82. The summed E-state index contributed by atoms with van der Waals surface area (Å²) in [7, 11) is 0. The molecule has 2 aliphatic heterocycles. The van der Waals surface area contributed by atoms with Crippen molar-refractivity contribution in [3.8, 4) is 11.8 Å². The lowest BCUT2D eigenvalue weighted by Crippen LogP contribution is -2.40. The Morgan fingerprint density at radius 2 is 1.35 bits per heavy atom. The maximum absolute atomic E-state index is 13.9. The molecule has 2 aromatic rings. The van der Waals surface area contributed by atoms with Crippen LogP contribution in [0.4, 0.5) is 16.3 Å². The molecule has 8 nitrogen and oxygen atoms in total. The molecule has 0 atom stereocenters. The van der Waals surface area contributed by atoms with E-state index in [1.165, 1.54) is 6.07 Å². The van der Waals surface area contributed by atoms with Crippen LogP contribution in [0.2, 0.25) is 0 Å². The van der Waals surface area contributed by atoms with Crippen LogP contribution >= 0.6 is 0 Å². The zero-order valence-electron chi connectivity index (χ0n) is 14.3. The Morgan fingerprint density at radius 3 is 1.88 bits per heavy atom. The summed E-state index contributed by atoms with van der Waals surface area (Å²) in [5.41, 5.74) is 0. The first-order chi connectivity index (χ1) is 12.8. The third-order valence-electron chi connectivity index (χ3n) is 4.22. The second-order valence-electron chi connectivity index (χ2n) is 5.95. The number of para-hydroxylation sites is 1. The number of nitrogens with zero attached hydrogens (tertiary/aromatic N) is 5. The van der Waals surface area contributed by atoms with Crippen LogP contribution in [0.15, 0.2) is 24.3 Å². The normalized spacial score (nSPS) is 18.0. The van der Waals surface area contributed by atoms with Crippen LogP contribution in [0.3, 0.4) is 0 Å². The van der Waals surface area contributed by atoms with E-state index in [1.807, 2.05) is 9.80 Å². The summed E-state index contributed by atoms with van der Waals surface area (Å²) in [4.78, 5) is 17.4. The fourth-order valence-corrected chi connectivity index (χ4v) is 2.82. The number of aromatic nitrogens is 3. The highest BCUT2D eigenvalue weighted by Crippen LogP contribution is 2.25. The van der Waals surface area contributed by atoms with Gasteiger partial charge in [-0.25, -0.2) is 4.39 Å². The lowest BCUT2D eigenvalue weighted by Gasteiger charge is -2.30. The molecule has 138 valence electrons. The molecular weight excluding hydrogens is 341 g/mol. The predicted molar refractivity (Wildman–Crippen MR) is 92.4 cm³/mol. The number of hydrogen-bond donors (Lipinski definition) is 0. The van der Waals surface area contributed by atoms with Gasteiger partial charge in [-0.15, -0.1) is 0 Å². The van der Waals surface area contributed by atoms with Gasteiger partial charge in [-0.05, 0) is 12.1 Å². The SMILES string of the molecule is Fc1ccccc1Oc1nc(N2CCOCC2)nc(N2CCOCC2)n1. The lowest BCUT2D eigenvalue weighted by atomic mass is 10.3. The van der Waals surface area contributed by atoms with Gasteiger partial charge in [0.05, 0.1) is 26.4 Å². The molecule has 0 amide bonds. The number of morpholine rings is 2. The van der Waals surface area contributed by atoms with E-state index in [4.69, 9.17) is 14.2 Å². The van der Waals surface area contributed by atoms with E-state index in [9.17, 15) is 4.39 Å². The molecule has 0 saturated carbocycles.